The van der Waals surface area contributed by atoms with E-state index >= 15 is 0 Å². The molecule has 0 spiro atoms. The van der Waals surface area contributed by atoms with Gasteiger partial charge in [0.2, 0.25) is 0 Å². The standard InChI is InChI=1S/C15H20N2O3S/c1-9-10(2)21-13(12(9)14(18)19)17-15(20)16-8-11-6-4-3-5-7-11/h3-4,11H,5-8H2,1-2H3,(H,18,19)(H2,16,17,20). The maximum atomic E-state index is 11.9. The number of urea groups is 1. The van der Waals surface area contributed by atoms with Crippen LogP contribution in [0.2, 0.25) is 0 Å². The average Bonchev–Trinajstić information content (AvgIpc) is 2.72. The van der Waals surface area contributed by atoms with Crippen molar-refractivity contribution in [1.29, 1.82) is 0 Å². The number of carboxylic acid groups (broad SMARTS) is 1. The lowest BCUT2D eigenvalue weighted by molar-refractivity contribution is 0.0697. The van der Waals surface area contributed by atoms with Crippen molar-refractivity contribution in [3.63, 3.8) is 0 Å². The first-order valence-corrected chi connectivity index (χ1v) is 7.83. The first kappa shape index (κ1) is 15.6. The van der Waals surface area contributed by atoms with Gasteiger partial charge in [0.05, 0.1) is 5.56 Å². The maximum absolute atomic E-state index is 11.9. The minimum Gasteiger partial charge on any atom is -0.478 e. The van der Waals surface area contributed by atoms with Crippen LogP contribution >= 0.6 is 11.3 Å². The van der Waals surface area contributed by atoms with E-state index in [0.29, 0.717) is 23.0 Å². The number of carbonyl (C=O) groups is 2. The fraction of sp³-hybridized carbons (Fsp3) is 0.467. The Labute approximate surface area is 128 Å². The molecule has 114 valence electrons. The zero-order valence-electron chi connectivity index (χ0n) is 12.2. The van der Waals surface area contributed by atoms with E-state index in [9.17, 15) is 14.7 Å². The number of carbonyl (C=O) groups excluding carboxylic acids is 1. The van der Waals surface area contributed by atoms with Crippen molar-refractivity contribution in [2.45, 2.75) is 33.1 Å². The van der Waals surface area contributed by atoms with Gasteiger partial charge in [0.15, 0.2) is 0 Å². The van der Waals surface area contributed by atoms with Gasteiger partial charge in [0, 0.05) is 11.4 Å². The number of aromatic carboxylic acids is 1. The summed E-state index contributed by atoms with van der Waals surface area (Å²) >= 11 is 1.30. The van der Waals surface area contributed by atoms with Crippen molar-refractivity contribution in [2.75, 3.05) is 11.9 Å². The first-order chi connectivity index (χ1) is 9.99. The Hall–Kier alpha value is -1.82. The largest absolute Gasteiger partial charge is 0.478 e. The summed E-state index contributed by atoms with van der Waals surface area (Å²) in [6, 6.07) is -0.340. The number of rotatable bonds is 4. The number of aryl methyl sites for hydroxylation is 1. The third-order valence-corrected chi connectivity index (χ3v) is 4.88. The fourth-order valence-electron chi connectivity index (χ4n) is 2.40. The Bertz CT molecular complexity index is 578. The van der Waals surface area contributed by atoms with Crippen molar-refractivity contribution in [3.05, 3.63) is 28.2 Å². The molecule has 0 aromatic carbocycles. The van der Waals surface area contributed by atoms with Gasteiger partial charge in [-0.25, -0.2) is 9.59 Å². The van der Waals surface area contributed by atoms with E-state index in [2.05, 4.69) is 22.8 Å². The molecule has 0 bridgehead atoms. The topological polar surface area (TPSA) is 78.4 Å². The zero-order valence-corrected chi connectivity index (χ0v) is 13.0. The van der Waals surface area contributed by atoms with Crippen LogP contribution in [0.5, 0.6) is 0 Å². The van der Waals surface area contributed by atoms with Gasteiger partial charge < -0.3 is 10.4 Å². The minimum atomic E-state index is -1.01. The molecule has 0 saturated carbocycles. The summed E-state index contributed by atoms with van der Waals surface area (Å²) < 4.78 is 0. The number of hydrogen-bond acceptors (Lipinski definition) is 3. The normalized spacial score (nSPS) is 17.5. The molecule has 2 rings (SSSR count). The highest BCUT2D eigenvalue weighted by Crippen LogP contribution is 2.32. The Morgan fingerprint density at radius 2 is 2.14 bits per heavy atom. The van der Waals surface area contributed by atoms with Gasteiger partial charge in [-0.2, -0.15) is 0 Å². The van der Waals surface area contributed by atoms with Gasteiger partial charge in [0.25, 0.3) is 0 Å². The number of nitrogens with one attached hydrogen (secondary N) is 2. The molecule has 1 aromatic heterocycles. The molecule has 1 unspecified atom stereocenters. The van der Waals surface area contributed by atoms with Gasteiger partial charge in [-0.05, 0) is 44.6 Å². The van der Waals surface area contributed by atoms with E-state index in [4.69, 9.17) is 0 Å². The predicted octanol–water partition coefficient (Wildman–Crippen LogP) is 3.54. The second kappa shape index (κ2) is 6.76. The number of anilines is 1. The molecule has 3 N–H and O–H groups in total. The summed E-state index contributed by atoms with van der Waals surface area (Å²) in [5.41, 5.74) is 0.897. The van der Waals surface area contributed by atoms with E-state index < -0.39 is 5.97 Å². The number of carboxylic acids is 1. The van der Waals surface area contributed by atoms with Crippen molar-refractivity contribution < 1.29 is 14.7 Å². The Morgan fingerprint density at radius 3 is 2.76 bits per heavy atom. The summed E-state index contributed by atoms with van der Waals surface area (Å²) in [7, 11) is 0. The fourth-order valence-corrected chi connectivity index (χ4v) is 3.45. The van der Waals surface area contributed by atoms with E-state index in [1.165, 1.54) is 11.3 Å². The number of hydrogen-bond donors (Lipinski definition) is 3. The SMILES string of the molecule is Cc1sc(NC(=O)NCC2CC=CCC2)c(C(=O)O)c1C. The van der Waals surface area contributed by atoms with Crippen molar-refractivity contribution in [2.24, 2.45) is 5.92 Å². The highest BCUT2D eigenvalue weighted by atomic mass is 32.1. The smallest absolute Gasteiger partial charge is 0.338 e. The molecule has 0 saturated heterocycles. The Kier molecular flexibility index (Phi) is 5.01. The molecule has 0 fully saturated rings. The van der Waals surface area contributed by atoms with E-state index in [1.807, 2.05) is 6.92 Å². The lowest BCUT2D eigenvalue weighted by Gasteiger charge is -2.18. The monoisotopic (exact) mass is 308 g/mol. The lowest BCUT2D eigenvalue weighted by atomic mass is 9.94. The molecule has 2 amide bonds. The zero-order chi connectivity index (χ0) is 15.4. The van der Waals surface area contributed by atoms with Gasteiger partial charge in [-0.3, -0.25) is 5.32 Å². The predicted molar refractivity (Wildman–Crippen MR) is 84.3 cm³/mol. The van der Waals surface area contributed by atoms with E-state index in [1.54, 1.807) is 6.92 Å². The van der Waals surface area contributed by atoms with Crippen LogP contribution in [-0.4, -0.2) is 23.7 Å². The summed E-state index contributed by atoms with van der Waals surface area (Å²) in [4.78, 5) is 24.1. The Morgan fingerprint density at radius 1 is 1.38 bits per heavy atom. The average molecular weight is 308 g/mol. The van der Waals surface area contributed by atoms with E-state index in [-0.39, 0.29) is 11.6 Å². The third kappa shape index (κ3) is 3.85. The van der Waals surface area contributed by atoms with Gasteiger partial charge in [-0.1, -0.05) is 12.2 Å². The quantitative estimate of drug-likeness (QED) is 0.744. The van der Waals surface area contributed by atoms with Crippen molar-refractivity contribution in [1.82, 2.24) is 5.32 Å². The van der Waals surface area contributed by atoms with E-state index in [0.717, 1.165) is 24.1 Å². The molecule has 1 atom stereocenters. The van der Waals surface area contributed by atoms with Gasteiger partial charge in [-0.15, -0.1) is 11.3 Å². The minimum absolute atomic E-state index is 0.188. The molecule has 1 aromatic rings. The van der Waals surface area contributed by atoms with Crippen molar-refractivity contribution >= 4 is 28.3 Å². The summed E-state index contributed by atoms with van der Waals surface area (Å²) in [5.74, 6) is -0.545. The van der Waals surface area contributed by atoms with Crippen LogP contribution in [0.4, 0.5) is 9.80 Å². The van der Waals surface area contributed by atoms with Crippen LogP contribution in [0.25, 0.3) is 0 Å². The third-order valence-electron chi connectivity index (χ3n) is 3.76. The summed E-state index contributed by atoms with van der Waals surface area (Å²) in [6.45, 7) is 4.22. The molecule has 6 heteroatoms. The van der Waals surface area contributed by atoms with Crippen LogP contribution in [0.3, 0.4) is 0 Å². The van der Waals surface area contributed by atoms with Gasteiger partial charge >= 0.3 is 12.0 Å². The van der Waals surface area contributed by atoms with Crippen LogP contribution in [0.15, 0.2) is 12.2 Å². The van der Waals surface area contributed by atoms with Gasteiger partial charge in [0.1, 0.15) is 5.00 Å². The molecule has 21 heavy (non-hydrogen) atoms. The Balaban J connectivity index is 1.95. The number of thiophene rings is 1. The van der Waals surface area contributed by atoms with Crippen LogP contribution in [-0.2, 0) is 0 Å². The first-order valence-electron chi connectivity index (χ1n) is 7.02. The summed E-state index contributed by atoms with van der Waals surface area (Å²) in [6.07, 6.45) is 7.42. The molecular formula is C15H20N2O3S. The second-order valence-corrected chi connectivity index (χ2v) is 6.50. The van der Waals surface area contributed by atoms with Crippen LogP contribution in [0, 0.1) is 19.8 Å². The second-order valence-electron chi connectivity index (χ2n) is 5.28. The molecule has 1 aliphatic carbocycles. The molecule has 1 heterocycles. The number of allylic oxidation sites excluding steroid dienone is 2. The highest BCUT2D eigenvalue weighted by molar-refractivity contribution is 7.16. The summed E-state index contributed by atoms with van der Waals surface area (Å²) in [5, 5.41) is 15.1. The molecular weight excluding hydrogens is 288 g/mol. The maximum Gasteiger partial charge on any atom is 0.338 e. The van der Waals surface area contributed by atoms with Crippen molar-refractivity contribution in [3.8, 4) is 0 Å². The number of amides is 2. The molecule has 5 nitrogen and oxygen atoms in total. The van der Waals surface area contributed by atoms with Crippen LogP contribution in [0.1, 0.15) is 40.1 Å². The highest BCUT2D eigenvalue weighted by Gasteiger charge is 2.20. The molecule has 0 aliphatic heterocycles. The molecule has 1 aliphatic rings. The lowest BCUT2D eigenvalue weighted by Crippen LogP contribution is -2.33. The van der Waals surface area contributed by atoms with Crippen LogP contribution < -0.4 is 10.6 Å². The molecule has 0 radical (unpaired) electrons.